The van der Waals surface area contributed by atoms with Gasteiger partial charge in [0.05, 0.1) is 24.1 Å². The number of anilines is 1. The summed E-state index contributed by atoms with van der Waals surface area (Å²) < 4.78 is 20.7. The lowest BCUT2D eigenvalue weighted by Gasteiger charge is -2.11. The summed E-state index contributed by atoms with van der Waals surface area (Å²) in [5.41, 5.74) is 1.62. The van der Waals surface area contributed by atoms with Crippen LogP contribution in [0.1, 0.15) is 21.7 Å². The number of hydrogen-bond acceptors (Lipinski definition) is 6. The Morgan fingerprint density at radius 1 is 1.19 bits per heavy atom. The van der Waals surface area contributed by atoms with E-state index in [-0.39, 0.29) is 23.8 Å². The molecule has 0 atom stereocenters. The van der Waals surface area contributed by atoms with Crippen LogP contribution in [0.4, 0.5) is 10.1 Å². The number of aryl methyl sites for hydroxylation is 1. The van der Waals surface area contributed by atoms with E-state index in [1.54, 1.807) is 30.9 Å². The molecule has 2 N–H and O–H groups in total. The molecular weight excluding hydrogens is 433 g/mol. The lowest BCUT2D eigenvalue weighted by molar-refractivity contribution is -0.113. The van der Waals surface area contributed by atoms with Crippen molar-refractivity contribution in [2.75, 3.05) is 24.7 Å². The highest BCUT2D eigenvalue weighted by Gasteiger charge is 2.14. The van der Waals surface area contributed by atoms with Crippen LogP contribution < -0.4 is 15.4 Å². The van der Waals surface area contributed by atoms with E-state index in [1.165, 1.54) is 30.0 Å². The second-order valence-electron chi connectivity index (χ2n) is 6.98. The predicted molar refractivity (Wildman–Crippen MR) is 121 cm³/mol. The summed E-state index contributed by atoms with van der Waals surface area (Å²) in [6.45, 7) is 2.21. The number of halogens is 1. The van der Waals surface area contributed by atoms with Crippen molar-refractivity contribution < 1.29 is 18.7 Å². The second-order valence-corrected chi connectivity index (χ2v) is 7.93. The smallest absolute Gasteiger partial charge is 0.254 e. The van der Waals surface area contributed by atoms with Gasteiger partial charge >= 0.3 is 0 Å². The molecule has 168 valence electrons. The quantitative estimate of drug-likeness (QED) is 0.480. The fraction of sp³-hybridized carbons (Fsp3) is 0.273. The fourth-order valence-electron chi connectivity index (χ4n) is 2.95. The molecule has 0 fully saturated rings. The van der Waals surface area contributed by atoms with Crippen molar-refractivity contribution in [2.45, 2.75) is 18.5 Å². The van der Waals surface area contributed by atoms with E-state index >= 15 is 0 Å². The molecule has 0 bridgehead atoms. The molecule has 3 rings (SSSR count). The topological polar surface area (TPSA) is 98.1 Å². The highest BCUT2D eigenvalue weighted by atomic mass is 32.2. The number of methoxy groups -OCH3 is 1. The van der Waals surface area contributed by atoms with Gasteiger partial charge in [-0.1, -0.05) is 30.0 Å². The minimum atomic E-state index is -0.566. The summed E-state index contributed by atoms with van der Waals surface area (Å²) in [5.74, 6) is 0.134. The molecule has 0 aliphatic heterocycles. The van der Waals surface area contributed by atoms with Crippen LogP contribution in [0.15, 0.2) is 47.6 Å². The molecule has 0 unspecified atom stereocenters. The number of ether oxygens (including phenoxy) is 1. The number of hydrogen-bond donors (Lipinski definition) is 2. The fourth-order valence-corrected chi connectivity index (χ4v) is 3.68. The first-order chi connectivity index (χ1) is 15.4. The number of nitrogens with zero attached hydrogens (tertiary/aromatic N) is 3. The van der Waals surface area contributed by atoms with Gasteiger partial charge in [0.25, 0.3) is 5.91 Å². The largest absolute Gasteiger partial charge is 0.495 e. The number of carbonyl (C=O) groups excluding carboxylic acids is 2. The monoisotopic (exact) mass is 457 g/mol. The predicted octanol–water partition coefficient (Wildman–Crippen LogP) is 2.97. The van der Waals surface area contributed by atoms with Crippen molar-refractivity contribution in [2.24, 2.45) is 7.05 Å². The molecule has 1 heterocycles. The van der Waals surface area contributed by atoms with Crippen LogP contribution >= 0.6 is 11.8 Å². The minimum Gasteiger partial charge on any atom is -0.495 e. The molecule has 1 aromatic heterocycles. The van der Waals surface area contributed by atoms with Crippen molar-refractivity contribution in [1.29, 1.82) is 0 Å². The second kappa shape index (κ2) is 10.8. The molecule has 0 saturated heterocycles. The van der Waals surface area contributed by atoms with Crippen LogP contribution in [-0.2, 0) is 18.3 Å². The Morgan fingerprint density at radius 3 is 2.72 bits per heavy atom. The summed E-state index contributed by atoms with van der Waals surface area (Å²) in [5, 5.41) is 14.3. The third-order valence-corrected chi connectivity index (χ3v) is 5.66. The molecule has 3 aromatic rings. The molecule has 2 amide bonds. The number of thioether (sulfide) groups is 1. The van der Waals surface area contributed by atoms with Crippen molar-refractivity contribution in [3.8, 4) is 5.75 Å². The Bertz CT molecular complexity index is 1120. The molecular formula is C22H24FN5O3S. The van der Waals surface area contributed by atoms with Crippen molar-refractivity contribution >= 4 is 29.3 Å². The lowest BCUT2D eigenvalue weighted by Crippen LogP contribution is -2.27. The third kappa shape index (κ3) is 5.85. The first kappa shape index (κ1) is 23.3. The molecule has 2 aromatic carbocycles. The zero-order chi connectivity index (χ0) is 23.1. The van der Waals surface area contributed by atoms with Crippen LogP contribution in [0, 0.1) is 12.7 Å². The maximum Gasteiger partial charge on any atom is 0.254 e. The standard InChI is InChI=1S/C22H24FN5O3S/c1-14-8-9-18(31-3)17(12-14)25-20(29)13-32-22-27-26-19(28(22)2)10-11-24-21(30)15-6-4-5-7-16(15)23/h4-9,12H,10-11,13H2,1-3H3,(H,24,30)(H,25,29). The number of benzene rings is 2. The van der Waals surface area contributed by atoms with Crippen LogP contribution in [0.3, 0.4) is 0 Å². The maximum atomic E-state index is 13.7. The van der Waals surface area contributed by atoms with E-state index in [9.17, 15) is 14.0 Å². The summed E-state index contributed by atoms with van der Waals surface area (Å²) in [4.78, 5) is 24.5. The highest BCUT2D eigenvalue weighted by Crippen LogP contribution is 2.25. The Morgan fingerprint density at radius 2 is 1.97 bits per heavy atom. The van der Waals surface area contributed by atoms with E-state index in [2.05, 4.69) is 20.8 Å². The molecule has 8 nitrogen and oxygen atoms in total. The van der Waals surface area contributed by atoms with Gasteiger partial charge in [0.2, 0.25) is 5.91 Å². The van der Waals surface area contributed by atoms with Crippen LogP contribution in [0.2, 0.25) is 0 Å². The summed E-state index contributed by atoms with van der Waals surface area (Å²) >= 11 is 1.25. The van der Waals surface area contributed by atoms with Crippen LogP contribution in [0.25, 0.3) is 0 Å². The molecule has 0 aliphatic carbocycles. The highest BCUT2D eigenvalue weighted by molar-refractivity contribution is 7.99. The van der Waals surface area contributed by atoms with E-state index in [4.69, 9.17) is 4.74 Å². The Kier molecular flexibility index (Phi) is 7.82. The Hall–Kier alpha value is -3.40. The number of nitrogens with one attached hydrogen (secondary N) is 2. The van der Waals surface area contributed by atoms with Gasteiger partial charge in [-0.3, -0.25) is 9.59 Å². The Labute approximate surface area is 189 Å². The zero-order valence-electron chi connectivity index (χ0n) is 18.0. The van der Waals surface area contributed by atoms with Gasteiger partial charge in [-0.05, 0) is 36.8 Å². The van der Waals surface area contributed by atoms with Gasteiger partial charge in [-0.2, -0.15) is 0 Å². The van der Waals surface area contributed by atoms with E-state index in [0.29, 0.717) is 28.8 Å². The van der Waals surface area contributed by atoms with Crippen molar-refractivity contribution in [1.82, 2.24) is 20.1 Å². The number of amides is 2. The van der Waals surface area contributed by atoms with Crippen LogP contribution in [-0.4, -0.2) is 46.0 Å². The summed E-state index contributed by atoms with van der Waals surface area (Å²) in [6, 6.07) is 11.4. The number of aromatic nitrogens is 3. The van der Waals surface area contributed by atoms with Gasteiger partial charge in [-0.25, -0.2) is 4.39 Å². The molecule has 0 saturated carbocycles. The first-order valence-corrected chi connectivity index (χ1v) is 10.9. The number of carbonyl (C=O) groups is 2. The van der Waals surface area contributed by atoms with Gasteiger partial charge in [0.1, 0.15) is 17.4 Å². The minimum absolute atomic E-state index is 0.00189. The molecule has 10 heteroatoms. The molecule has 0 radical (unpaired) electrons. The summed E-state index contributed by atoms with van der Waals surface area (Å²) in [7, 11) is 3.34. The average molecular weight is 458 g/mol. The van der Waals surface area contributed by atoms with E-state index in [1.807, 2.05) is 19.1 Å². The van der Waals surface area contributed by atoms with E-state index < -0.39 is 11.7 Å². The van der Waals surface area contributed by atoms with Gasteiger partial charge in [-0.15, -0.1) is 10.2 Å². The zero-order valence-corrected chi connectivity index (χ0v) is 18.8. The number of rotatable bonds is 9. The SMILES string of the molecule is COc1ccc(C)cc1NC(=O)CSc1nnc(CCNC(=O)c2ccccc2F)n1C. The van der Waals surface area contributed by atoms with Crippen molar-refractivity contribution in [3.63, 3.8) is 0 Å². The van der Waals surface area contributed by atoms with E-state index in [0.717, 1.165) is 5.56 Å². The van der Waals surface area contributed by atoms with Gasteiger partial charge in [0.15, 0.2) is 5.16 Å². The molecule has 0 aliphatic rings. The van der Waals surface area contributed by atoms with Gasteiger partial charge in [0, 0.05) is 20.0 Å². The first-order valence-electron chi connectivity index (χ1n) is 9.87. The van der Waals surface area contributed by atoms with Crippen molar-refractivity contribution in [3.05, 3.63) is 65.2 Å². The molecule has 0 spiro atoms. The van der Waals surface area contributed by atoms with Crippen LogP contribution in [0.5, 0.6) is 5.75 Å². The Balaban J connectivity index is 1.50. The average Bonchev–Trinajstić information content (AvgIpc) is 3.12. The lowest BCUT2D eigenvalue weighted by atomic mass is 10.2. The van der Waals surface area contributed by atoms with Gasteiger partial charge < -0.3 is 19.9 Å². The molecule has 32 heavy (non-hydrogen) atoms. The summed E-state index contributed by atoms with van der Waals surface area (Å²) in [6.07, 6.45) is 0.414. The normalized spacial score (nSPS) is 10.6. The third-order valence-electron chi connectivity index (χ3n) is 4.64. The maximum absolute atomic E-state index is 13.7.